The molecule has 0 radical (unpaired) electrons. The van der Waals surface area contributed by atoms with Gasteiger partial charge in [-0.1, -0.05) is 6.42 Å². The maximum Gasteiger partial charge on any atom is 0.0573 e. The van der Waals surface area contributed by atoms with Crippen molar-refractivity contribution >= 4 is 11.4 Å². The fourth-order valence-electron chi connectivity index (χ4n) is 3.18. The molecule has 2 aliphatic heterocycles. The van der Waals surface area contributed by atoms with Crippen LogP contribution in [0.3, 0.4) is 0 Å². The lowest BCUT2D eigenvalue weighted by atomic mass is 10.1. The number of likely N-dealkylation sites (tertiary alicyclic amines) is 1. The first kappa shape index (κ1) is 11.8. The molecule has 0 spiro atoms. The highest BCUT2D eigenvalue weighted by molar-refractivity contribution is 5.54. The second-order valence-corrected chi connectivity index (χ2v) is 5.46. The van der Waals surface area contributed by atoms with Gasteiger partial charge in [-0.25, -0.2) is 0 Å². The lowest BCUT2D eigenvalue weighted by molar-refractivity contribution is 0.175. The van der Waals surface area contributed by atoms with E-state index in [1.807, 2.05) is 12.3 Å². The van der Waals surface area contributed by atoms with E-state index in [9.17, 15) is 0 Å². The lowest BCUT2D eigenvalue weighted by Gasteiger charge is -2.32. The molecule has 0 aliphatic carbocycles. The minimum atomic E-state index is 0.728. The van der Waals surface area contributed by atoms with Gasteiger partial charge in [0.1, 0.15) is 0 Å². The minimum Gasteiger partial charge on any atom is -0.397 e. The van der Waals surface area contributed by atoms with E-state index in [1.165, 1.54) is 44.5 Å². The number of piperidine rings is 1. The first-order valence-corrected chi connectivity index (χ1v) is 7.02. The summed E-state index contributed by atoms with van der Waals surface area (Å²) in [6.07, 6.45) is 9.06. The molecule has 1 aromatic heterocycles. The van der Waals surface area contributed by atoms with Crippen LogP contribution >= 0.6 is 0 Å². The Balaban J connectivity index is 1.64. The molecule has 2 N–H and O–H groups in total. The number of aromatic nitrogens is 1. The topological polar surface area (TPSA) is 45.4 Å². The Morgan fingerprint density at radius 1 is 1.11 bits per heavy atom. The number of nitrogen functional groups attached to an aromatic ring is 1. The van der Waals surface area contributed by atoms with Crippen LogP contribution < -0.4 is 10.6 Å². The molecule has 1 unspecified atom stereocenters. The van der Waals surface area contributed by atoms with Crippen molar-refractivity contribution in [3.63, 3.8) is 0 Å². The van der Waals surface area contributed by atoms with Gasteiger partial charge in [0.15, 0.2) is 0 Å². The Kier molecular flexibility index (Phi) is 3.37. The van der Waals surface area contributed by atoms with Crippen molar-refractivity contribution < 1.29 is 0 Å². The standard InChI is InChI=1S/C14H22N4/c15-12-8-14(10-16-9-12)18-7-4-13(11-18)17-5-2-1-3-6-17/h8-10,13H,1-7,11,15H2. The molecule has 2 fully saturated rings. The summed E-state index contributed by atoms with van der Waals surface area (Å²) in [4.78, 5) is 9.28. The van der Waals surface area contributed by atoms with Gasteiger partial charge in [0.2, 0.25) is 0 Å². The molecule has 2 saturated heterocycles. The zero-order chi connectivity index (χ0) is 12.4. The highest BCUT2D eigenvalue weighted by Crippen LogP contribution is 2.25. The zero-order valence-electron chi connectivity index (χ0n) is 10.9. The molecular formula is C14H22N4. The number of nitrogens with zero attached hydrogens (tertiary/aromatic N) is 3. The first-order valence-electron chi connectivity index (χ1n) is 7.02. The maximum atomic E-state index is 5.80. The second-order valence-electron chi connectivity index (χ2n) is 5.46. The number of anilines is 2. The predicted octanol–water partition coefficient (Wildman–Crippen LogP) is 1.73. The van der Waals surface area contributed by atoms with Crippen LogP contribution in [0.5, 0.6) is 0 Å². The summed E-state index contributed by atoms with van der Waals surface area (Å²) in [6.45, 7) is 4.83. The average Bonchev–Trinajstić information content (AvgIpc) is 2.89. The summed E-state index contributed by atoms with van der Waals surface area (Å²) in [6, 6.07) is 2.76. The van der Waals surface area contributed by atoms with Crippen molar-refractivity contribution in [3.05, 3.63) is 18.5 Å². The fraction of sp³-hybridized carbons (Fsp3) is 0.643. The van der Waals surface area contributed by atoms with Crippen LogP contribution in [-0.2, 0) is 0 Å². The van der Waals surface area contributed by atoms with E-state index < -0.39 is 0 Å². The van der Waals surface area contributed by atoms with E-state index in [4.69, 9.17) is 5.73 Å². The van der Waals surface area contributed by atoms with Crippen molar-refractivity contribution in [1.82, 2.24) is 9.88 Å². The van der Waals surface area contributed by atoms with Gasteiger partial charge in [0.25, 0.3) is 0 Å². The van der Waals surface area contributed by atoms with E-state index in [-0.39, 0.29) is 0 Å². The summed E-state index contributed by atoms with van der Waals surface area (Å²) in [5, 5.41) is 0. The van der Waals surface area contributed by atoms with Crippen LogP contribution in [0.2, 0.25) is 0 Å². The molecule has 1 atom stereocenters. The molecule has 0 aromatic carbocycles. The smallest absolute Gasteiger partial charge is 0.0573 e. The Morgan fingerprint density at radius 2 is 1.94 bits per heavy atom. The molecule has 2 aliphatic rings. The van der Waals surface area contributed by atoms with E-state index in [1.54, 1.807) is 6.20 Å². The predicted molar refractivity (Wildman–Crippen MR) is 74.7 cm³/mol. The zero-order valence-corrected chi connectivity index (χ0v) is 10.9. The molecular weight excluding hydrogens is 224 g/mol. The second kappa shape index (κ2) is 5.14. The van der Waals surface area contributed by atoms with Crippen LogP contribution in [0.25, 0.3) is 0 Å². The number of rotatable bonds is 2. The van der Waals surface area contributed by atoms with Gasteiger partial charge >= 0.3 is 0 Å². The van der Waals surface area contributed by atoms with E-state index in [0.717, 1.165) is 24.8 Å². The molecule has 98 valence electrons. The summed E-state index contributed by atoms with van der Waals surface area (Å²) in [7, 11) is 0. The molecule has 4 nitrogen and oxygen atoms in total. The van der Waals surface area contributed by atoms with Gasteiger partial charge in [-0.2, -0.15) is 0 Å². The minimum absolute atomic E-state index is 0.728. The quantitative estimate of drug-likeness (QED) is 0.863. The highest BCUT2D eigenvalue weighted by Gasteiger charge is 2.28. The van der Waals surface area contributed by atoms with Crippen molar-refractivity contribution in [1.29, 1.82) is 0 Å². The molecule has 18 heavy (non-hydrogen) atoms. The third kappa shape index (κ3) is 2.43. The normalized spacial score (nSPS) is 25.6. The Morgan fingerprint density at radius 3 is 2.72 bits per heavy atom. The Hall–Kier alpha value is -1.29. The molecule has 0 saturated carbocycles. The number of hydrogen-bond acceptors (Lipinski definition) is 4. The van der Waals surface area contributed by atoms with Gasteiger partial charge < -0.3 is 10.6 Å². The van der Waals surface area contributed by atoms with Gasteiger partial charge in [-0.05, 0) is 38.4 Å². The van der Waals surface area contributed by atoms with E-state index >= 15 is 0 Å². The number of pyridine rings is 1. The molecule has 0 amide bonds. The van der Waals surface area contributed by atoms with Crippen LogP contribution in [0.4, 0.5) is 11.4 Å². The molecule has 1 aromatic rings. The average molecular weight is 246 g/mol. The van der Waals surface area contributed by atoms with Gasteiger partial charge in [-0.3, -0.25) is 9.88 Å². The SMILES string of the molecule is Nc1cncc(N2CCC(N3CCCCC3)C2)c1. The summed E-state index contributed by atoms with van der Waals surface area (Å²) in [5.74, 6) is 0. The van der Waals surface area contributed by atoms with Gasteiger partial charge in [0, 0.05) is 25.3 Å². The summed E-state index contributed by atoms with van der Waals surface area (Å²) in [5.41, 5.74) is 7.74. The van der Waals surface area contributed by atoms with Crippen molar-refractivity contribution in [3.8, 4) is 0 Å². The largest absolute Gasteiger partial charge is 0.397 e. The van der Waals surface area contributed by atoms with E-state index in [0.29, 0.717) is 0 Å². The maximum absolute atomic E-state index is 5.80. The Labute approximate surface area is 109 Å². The van der Waals surface area contributed by atoms with Crippen molar-refractivity contribution in [2.24, 2.45) is 0 Å². The first-order chi connectivity index (χ1) is 8.83. The number of nitrogens with two attached hydrogens (primary N) is 1. The molecule has 3 heterocycles. The van der Waals surface area contributed by atoms with Crippen LogP contribution in [-0.4, -0.2) is 42.1 Å². The van der Waals surface area contributed by atoms with Gasteiger partial charge in [-0.15, -0.1) is 0 Å². The third-order valence-electron chi connectivity index (χ3n) is 4.18. The van der Waals surface area contributed by atoms with Crippen LogP contribution in [0.1, 0.15) is 25.7 Å². The lowest BCUT2D eigenvalue weighted by Crippen LogP contribution is -2.40. The highest BCUT2D eigenvalue weighted by atomic mass is 15.3. The van der Waals surface area contributed by atoms with Crippen molar-refractivity contribution in [2.45, 2.75) is 31.7 Å². The third-order valence-corrected chi connectivity index (χ3v) is 4.18. The number of hydrogen-bond donors (Lipinski definition) is 1. The molecule has 3 rings (SSSR count). The van der Waals surface area contributed by atoms with Crippen molar-refractivity contribution in [2.75, 3.05) is 36.8 Å². The fourth-order valence-corrected chi connectivity index (χ4v) is 3.18. The van der Waals surface area contributed by atoms with Crippen LogP contribution in [0, 0.1) is 0 Å². The summed E-state index contributed by atoms with van der Waals surface area (Å²) >= 11 is 0. The van der Waals surface area contributed by atoms with E-state index in [2.05, 4.69) is 14.8 Å². The monoisotopic (exact) mass is 246 g/mol. The molecule has 0 bridgehead atoms. The molecule has 4 heteroatoms. The summed E-state index contributed by atoms with van der Waals surface area (Å²) < 4.78 is 0. The van der Waals surface area contributed by atoms with Gasteiger partial charge in [0.05, 0.1) is 17.6 Å². The van der Waals surface area contributed by atoms with Crippen LogP contribution in [0.15, 0.2) is 18.5 Å². The Bertz CT molecular complexity index is 401.